The molecule has 1 aliphatic heterocycles. The Morgan fingerprint density at radius 2 is 1.61 bits per heavy atom. The van der Waals surface area contributed by atoms with E-state index in [-0.39, 0.29) is 47.0 Å². The molecule has 12 heteroatoms. The first-order valence-corrected chi connectivity index (χ1v) is 22.7. The Hall–Kier alpha value is -3.61. The van der Waals surface area contributed by atoms with E-state index in [0.29, 0.717) is 30.9 Å². The summed E-state index contributed by atoms with van der Waals surface area (Å²) in [5.41, 5.74) is 0.754. The molecule has 1 aromatic heterocycles. The molecule has 0 radical (unpaired) electrons. The molecule has 2 aromatic rings. The number of thiazole rings is 1. The van der Waals surface area contributed by atoms with Crippen molar-refractivity contribution >= 4 is 35.0 Å². The summed E-state index contributed by atoms with van der Waals surface area (Å²) in [6.07, 6.45) is 11.0. The van der Waals surface area contributed by atoms with E-state index in [1.165, 1.54) is 30.6 Å². The van der Waals surface area contributed by atoms with Crippen LogP contribution in [0.25, 0.3) is 0 Å². The molecule has 2 fully saturated rings. The Morgan fingerprint density at radius 1 is 0.949 bits per heavy atom. The highest BCUT2D eigenvalue weighted by Gasteiger charge is 2.45. The largest absolute Gasteiger partial charge is 0.378 e. The number of carbonyl (C=O) groups excluding carboxylic acids is 4. The van der Waals surface area contributed by atoms with Crippen LogP contribution < -0.4 is 16.0 Å². The van der Waals surface area contributed by atoms with Crippen molar-refractivity contribution in [2.24, 2.45) is 28.6 Å². The predicted molar refractivity (Wildman–Crippen MR) is 238 cm³/mol. The molecule has 1 saturated carbocycles. The number of ether oxygens (including phenoxy) is 1. The van der Waals surface area contributed by atoms with Crippen LogP contribution in [0, 0.1) is 28.6 Å². The van der Waals surface area contributed by atoms with E-state index in [1.807, 2.05) is 95.3 Å². The summed E-state index contributed by atoms with van der Waals surface area (Å²) in [5, 5.41) is 12.5. The van der Waals surface area contributed by atoms with Gasteiger partial charge in [-0.15, -0.1) is 11.3 Å². The van der Waals surface area contributed by atoms with Crippen molar-refractivity contribution in [2.75, 3.05) is 27.7 Å². The number of nitrogens with one attached hydrogen (secondary N) is 3. The number of hydrogen-bond acceptors (Lipinski definition) is 8. The fourth-order valence-electron chi connectivity index (χ4n) is 9.44. The second-order valence-electron chi connectivity index (χ2n) is 19.0. The highest BCUT2D eigenvalue weighted by Crippen LogP contribution is 2.41. The van der Waals surface area contributed by atoms with E-state index in [4.69, 9.17) is 4.74 Å². The van der Waals surface area contributed by atoms with Crippen LogP contribution in [0.3, 0.4) is 0 Å². The minimum absolute atomic E-state index is 0.0233. The van der Waals surface area contributed by atoms with Crippen molar-refractivity contribution in [3.63, 3.8) is 0 Å². The summed E-state index contributed by atoms with van der Waals surface area (Å²) >= 11 is 1.51. The van der Waals surface area contributed by atoms with E-state index < -0.39 is 35.6 Å². The zero-order chi connectivity index (χ0) is 43.7. The minimum Gasteiger partial charge on any atom is -0.378 e. The normalized spacial score (nSPS) is 20.1. The summed E-state index contributed by atoms with van der Waals surface area (Å²) < 4.78 is 6.05. The molecule has 1 aromatic carbocycles. The van der Waals surface area contributed by atoms with Gasteiger partial charge in [-0.2, -0.15) is 0 Å². The van der Waals surface area contributed by atoms with Gasteiger partial charge < -0.3 is 30.5 Å². The Balaban J connectivity index is 1.50. The number of methoxy groups -OCH3 is 1. The van der Waals surface area contributed by atoms with Crippen molar-refractivity contribution < 1.29 is 23.9 Å². The van der Waals surface area contributed by atoms with Crippen molar-refractivity contribution in [1.82, 2.24) is 30.7 Å². The summed E-state index contributed by atoms with van der Waals surface area (Å²) in [6, 6.07) is 7.78. The van der Waals surface area contributed by atoms with Crippen LogP contribution in [-0.4, -0.2) is 96.4 Å². The fourth-order valence-corrected chi connectivity index (χ4v) is 10.1. The van der Waals surface area contributed by atoms with E-state index in [0.717, 1.165) is 29.8 Å². The smallest absolute Gasteiger partial charge is 0.249 e. The van der Waals surface area contributed by atoms with E-state index in [9.17, 15) is 19.2 Å². The Bertz CT molecular complexity index is 1700. The number of benzene rings is 1. The molecule has 3 N–H and O–H groups in total. The second-order valence-corrected chi connectivity index (χ2v) is 20.0. The van der Waals surface area contributed by atoms with Gasteiger partial charge in [-0.3, -0.25) is 19.2 Å². The number of carbonyl (C=O) groups is 4. The van der Waals surface area contributed by atoms with Gasteiger partial charge in [0.2, 0.25) is 23.6 Å². The third-order valence-corrected chi connectivity index (χ3v) is 13.9. The van der Waals surface area contributed by atoms with Crippen LogP contribution in [0.2, 0.25) is 0 Å². The first kappa shape index (κ1) is 48.1. The van der Waals surface area contributed by atoms with Gasteiger partial charge in [-0.1, -0.05) is 111 Å². The van der Waals surface area contributed by atoms with Gasteiger partial charge in [0.15, 0.2) is 0 Å². The maximum Gasteiger partial charge on any atom is 0.249 e. The summed E-state index contributed by atoms with van der Waals surface area (Å²) in [5.74, 6) is -0.813. The molecule has 328 valence electrons. The van der Waals surface area contributed by atoms with Gasteiger partial charge in [0.25, 0.3) is 0 Å². The van der Waals surface area contributed by atoms with Gasteiger partial charge in [-0.25, -0.2) is 4.98 Å². The van der Waals surface area contributed by atoms with Crippen molar-refractivity contribution in [3.8, 4) is 0 Å². The Kier molecular flexibility index (Phi) is 17.3. The van der Waals surface area contributed by atoms with Crippen molar-refractivity contribution in [3.05, 3.63) is 64.1 Å². The number of likely N-dealkylation sites (tertiary alicyclic amines) is 1. The molecule has 7 atom stereocenters. The van der Waals surface area contributed by atoms with Crippen molar-refractivity contribution in [2.45, 2.75) is 150 Å². The lowest BCUT2D eigenvalue weighted by molar-refractivity contribution is -0.141. The SMILES string of the molecule is CN[C@H](C(=O)N[C@H](C(=O)N(C)[C@H](/C=C(\C)C(=O)N1CCC[C@H]1[C@H](OC)[C@@H](C)C(=O)N[C@@H](Cc1ccccc1)c1nccs1)C(C)C)C(C)(C)C)C(C)(C)C1CCCCC1. The molecule has 4 amide bonds. The molecule has 2 heterocycles. The number of amides is 4. The van der Waals surface area contributed by atoms with Crippen LogP contribution in [0.4, 0.5) is 0 Å². The number of likely N-dealkylation sites (N-methyl/N-ethyl adjacent to an activating group) is 2. The quantitative estimate of drug-likeness (QED) is 0.134. The molecular weight excluding hydrogens is 761 g/mol. The fraction of sp³-hybridized carbons (Fsp3) is 0.681. The van der Waals surface area contributed by atoms with Crippen LogP contribution in [0.15, 0.2) is 53.6 Å². The molecular formula is C47H74N6O5S. The number of nitrogens with zero attached hydrogens (tertiary/aromatic N) is 3. The molecule has 11 nitrogen and oxygen atoms in total. The Morgan fingerprint density at radius 3 is 2.17 bits per heavy atom. The van der Waals surface area contributed by atoms with Gasteiger partial charge in [0, 0.05) is 37.9 Å². The first-order valence-electron chi connectivity index (χ1n) is 21.8. The molecule has 2 aliphatic rings. The monoisotopic (exact) mass is 835 g/mol. The molecule has 59 heavy (non-hydrogen) atoms. The van der Waals surface area contributed by atoms with Crippen LogP contribution >= 0.6 is 11.3 Å². The number of aromatic nitrogens is 1. The Labute approximate surface area is 358 Å². The van der Waals surface area contributed by atoms with Crippen LogP contribution in [-0.2, 0) is 30.3 Å². The summed E-state index contributed by atoms with van der Waals surface area (Å²) in [7, 11) is 5.20. The summed E-state index contributed by atoms with van der Waals surface area (Å²) in [6.45, 7) is 18.6. The molecule has 0 spiro atoms. The molecule has 0 unspecified atom stereocenters. The zero-order valence-electron chi connectivity index (χ0n) is 38.0. The van der Waals surface area contributed by atoms with Gasteiger partial charge >= 0.3 is 0 Å². The number of rotatable bonds is 18. The molecule has 1 aliphatic carbocycles. The average Bonchev–Trinajstić information content (AvgIpc) is 3.92. The summed E-state index contributed by atoms with van der Waals surface area (Å²) in [4.78, 5) is 65.0. The van der Waals surface area contributed by atoms with Crippen molar-refractivity contribution in [1.29, 1.82) is 0 Å². The lowest BCUT2D eigenvalue weighted by atomic mass is 9.66. The molecule has 4 rings (SSSR count). The van der Waals surface area contributed by atoms with Crippen LogP contribution in [0.1, 0.15) is 124 Å². The van der Waals surface area contributed by atoms with E-state index in [1.54, 1.807) is 32.2 Å². The highest BCUT2D eigenvalue weighted by atomic mass is 32.1. The second kappa shape index (κ2) is 21.3. The number of hydrogen-bond donors (Lipinski definition) is 3. The maximum atomic E-state index is 14.5. The average molecular weight is 835 g/mol. The topological polar surface area (TPSA) is 133 Å². The zero-order valence-corrected chi connectivity index (χ0v) is 38.8. The van der Waals surface area contributed by atoms with Gasteiger partial charge in [0.1, 0.15) is 11.0 Å². The highest BCUT2D eigenvalue weighted by molar-refractivity contribution is 7.09. The standard InChI is InChI=1S/C47H74N6O5S/c1-30(2)37(52(11)45(57)40(46(5,6)7)51-42(55)39(48-10)47(8,9)34-22-17-14-18-23-34)28-31(3)44(56)53-26-19-24-36(53)38(58-12)32(4)41(54)50-35(43-49-25-27-59-43)29-33-20-15-13-16-21-33/h13,15-16,20-21,25,27-28,30,32,34-40,48H,14,17-19,22-24,26,29H2,1-12H3,(H,50,54)(H,51,55)/b31-28+/t32-,35+,36+,37-,38-,39-,40-/m1/s1. The first-order chi connectivity index (χ1) is 27.8. The molecule has 1 saturated heterocycles. The third kappa shape index (κ3) is 12.0. The van der Waals surface area contributed by atoms with Gasteiger partial charge in [0.05, 0.1) is 36.2 Å². The maximum absolute atomic E-state index is 14.5. The lowest BCUT2D eigenvalue weighted by Gasteiger charge is -2.43. The lowest BCUT2D eigenvalue weighted by Crippen LogP contribution is -2.61. The van der Waals surface area contributed by atoms with E-state index >= 15 is 0 Å². The third-order valence-electron chi connectivity index (χ3n) is 13.1. The minimum atomic E-state index is -0.787. The van der Waals surface area contributed by atoms with E-state index in [2.05, 4.69) is 34.8 Å². The predicted octanol–water partition coefficient (Wildman–Crippen LogP) is 7.34. The van der Waals surface area contributed by atoms with Gasteiger partial charge in [-0.05, 0) is 74.3 Å². The van der Waals surface area contributed by atoms with Crippen LogP contribution in [0.5, 0.6) is 0 Å². The molecule has 0 bridgehead atoms.